The smallest absolute Gasteiger partial charge is 0.137 e. The van der Waals surface area contributed by atoms with E-state index in [1.807, 2.05) is 12.1 Å². The van der Waals surface area contributed by atoms with Crippen LogP contribution in [0.4, 0.5) is 0 Å². The third-order valence-electron chi connectivity index (χ3n) is 2.35. The fraction of sp³-hybridized carbons (Fsp3) is 0.364. The van der Waals surface area contributed by atoms with Crippen molar-refractivity contribution in [1.29, 1.82) is 0 Å². The van der Waals surface area contributed by atoms with Crippen molar-refractivity contribution in [2.45, 2.75) is 13.5 Å². The van der Waals surface area contributed by atoms with Crippen LogP contribution in [0.2, 0.25) is 0 Å². The molecule has 2 aromatic heterocycles. The van der Waals surface area contributed by atoms with E-state index in [1.54, 1.807) is 0 Å². The van der Waals surface area contributed by atoms with Gasteiger partial charge >= 0.3 is 0 Å². The molecule has 4 heteroatoms. The van der Waals surface area contributed by atoms with Gasteiger partial charge in [-0.15, -0.1) is 0 Å². The number of pyridine rings is 1. The van der Waals surface area contributed by atoms with Crippen molar-refractivity contribution in [3.05, 3.63) is 34.2 Å². The van der Waals surface area contributed by atoms with Crippen molar-refractivity contribution >= 4 is 21.6 Å². The molecule has 0 saturated carbocycles. The molecule has 0 aromatic carbocycles. The Morgan fingerprint density at radius 1 is 1.40 bits per heavy atom. The normalized spacial score (nSPS) is 11.5. The number of imidazole rings is 1. The van der Waals surface area contributed by atoms with Crippen LogP contribution in [0.15, 0.2) is 22.8 Å². The Morgan fingerprint density at radius 3 is 2.80 bits per heavy atom. The lowest BCUT2D eigenvalue weighted by Crippen LogP contribution is -2.13. The van der Waals surface area contributed by atoms with E-state index in [4.69, 9.17) is 0 Å². The van der Waals surface area contributed by atoms with Crippen LogP contribution < -0.4 is 0 Å². The number of hydrogen-bond acceptors (Lipinski definition) is 2. The predicted molar refractivity (Wildman–Crippen MR) is 65.0 cm³/mol. The molecule has 15 heavy (non-hydrogen) atoms. The summed E-state index contributed by atoms with van der Waals surface area (Å²) in [7, 11) is 4.13. The topological polar surface area (TPSA) is 20.5 Å². The maximum atomic E-state index is 4.52. The van der Waals surface area contributed by atoms with Crippen LogP contribution in [-0.4, -0.2) is 28.4 Å². The second-order valence-electron chi connectivity index (χ2n) is 3.96. The zero-order valence-electron chi connectivity index (χ0n) is 9.16. The standard InChI is InChI=1S/C11H14BrN3/c1-8-10(7-14(2)3)15-6-9(12)4-5-11(15)13-8/h4-6H,7H2,1-3H3. The first-order valence-electron chi connectivity index (χ1n) is 4.86. The van der Waals surface area contributed by atoms with Crippen LogP contribution in [0.1, 0.15) is 11.4 Å². The average molecular weight is 268 g/mol. The van der Waals surface area contributed by atoms with Crippen LogP contribution in [-0.2, 0) is 6.54 Å². The van der Waals surface area contributed by atoms with E-state index in [1.165, 1.54) is 5.69 Å². The van der Waals surface area contributed by atoms with Crippen molar-refractivity contribution < 1.29 is 0 Å². The second kappa shape index (κ2) is 3.94. The summed E-state index contributed by atoms with van der Waals surface area (Å²) in [4.78, 5) is 6.67. The Bertz CT molecular complexity index is 488. The van der Waals surface area contributed by atoms with Gasteiger partial charge in [-0.3, -0.25) is 0 Å². The number of halogens is 1. The Balaban J connectivity index is 2.60. The molecule has 80 valence electrons. The van der Waals surface area contributed by atoms with Crippen molar-refractivity contribution in [3.63, 3.8) is 0 Å². The summed E-state index contributed by atoms with van der Waals surface area (Å²) in [5.41, 5.74) is 3.35. The molecule has 0 radical (unpaired) electrons. The minimum Gasteiger partial charge on any atom is -0.304 e. The highest BCUT2D eigenvalue weighted by Crippen LogP contribution is 2.17. The molecule has 0 atom stereocenters. The first kappa shape index (κ1) is 10.6. The maximum Gasteiger partial charge on any atom is 0.137 e. The molecule has 0 aliphatic carbocycles. The molecule has 0 aliphatic rings. The Morgan fingerprint density at radius 2 is 2.13 bits per heavy atom. The van der Waals surface area contributed by atoms with Crippen molar-refractivity contribution in [2.75, 3.05) is 14.1 Å². The van der Waals surface area contributed by atoms with Crippen LogP contribution in [0.5, 0.6) is 0 Å². The van der Waals surface area contributed by atoms with E-state index >= 15 is 0 Å². The lowest BCUT2D eigenvalue weighted by Gasteiger charge is -2.10. The molecule has 2 aromatic rings. The minimum absolute atomic E-state index is 0.906. The Labute approximate surface area is 97.9 Å². The molecule has 0 N–H and O–H groups in total. The number of aromatic nitrogens is 2. The fourth-order valence-corrected chi connectivity index (χ4v) is 2.01. The van der Waals surface area contributed by atoms with Gasteiger partial charge < -0.3 is 9.30 Å². The fourth-order valence-electron chi connectivity index (χ4n) is 1.68. The first-order valence-corrected chi connectivity index (χ1v) is 5.65. The van der Waals surface area contributed by atoms with Gasteiger partial charge in [-0.25, -0.2) is 4.98 Å². The SMILES string of the molecule is Cc1nc2ccc(Br)cn2c1CN(C)C. The molecule has 0 aliphatic heterocycles. The first-order chi connectivity index (χ1) is 7.08. The summed E-state index contributed by atoms with van der Waals surface area (Å²) in [5, 5.41) is 0. The van der Waals surface area contributed by atoms with Crippen molar-refractivity contribution in [3.8, 4) is 0 Å². The number of aryl methyl sites for hydroxylation is 1. The van der Waals surface area contributed by atoms with E-state index in [9.17, 15) is 0 Å². The molecule has 0 fully saturated rings. The van der Waals surface area contributed by atoms with Gasteiger partial charge in [0.25, 0.3) is 0 Å². The van der Waals surface area contributed by atoms with E-state index in [2.05, 4.69) is 57.4 Å². The van der Waals surface area contributed by atoms with Gasteiger partial charge in [-0.05, 0) is 49.1 Å². The lowest BCUT2D eigenvalue weighted by molar-refractivity contribution is 0.394. The number of nitrogens with zero attached hydrogens (tertiary/aromatic N) is 3. The molecule has 2 rings (SSSR count). The summed E-state index contributed by atoms with van der Waals surface area (Å²) >= 11 is 3.48. The molecule has 2 heterocycles. The summed E-state index contributed by atoms with van der Waals surface area (Å²) in [6, 6.07) is 4.04. The van der Waals surface area contributed by atoms with Gasteiger partial charge in [-0.2, -0.15) is 0 Å². The van der Waals surface area contributed by atoms with Crippen LogP contribution in [0, 0.1) is 6.92 Å². The van der Waals surface area contributed by atoms with E-state index < -0.39 is 0 Å². The van der Waals surface area contributed by atoms with Gasteiger partial charge in [0.1, 0.15) is 5.65 Å². The molecule has 0 saturated heterocycles. The van der Waals surface area contributed by atoms with Gasteiger partial charge in [0.05, 0.1) is 11.4 Å². The predicted octanol–water partition coefficient (Wildman–Crippen LogP) is 2.47. The van der Waals surface area contributed by atoms with E-state index in [-0.39, 0.29) is 0 Å². The summed E-state index contributed by atoms with van der Waals surface area (Å²) < 4.78 is 3.21. The number of rotatable bonds is 2. The average Bonchev–Trinajstić information content (AvgIpc) is 2.43. The Hall–Kier alpha value is -0.870. The van der Waals surface area contributed by atoms with Gasteiger partial charge in [0.15, 0.2) is 0 Å². The maximum absolute atomic E-state index is 4.52. The summed E-state index contributed by atoms with van der Waals surface area (Å²) in [5.74, 6) is 0. The molecular formula is C11H14BrN3. The lowest BCUT2D eigenvalue weighted by atomic mass is 10.3. The van der Waals surface area contributed by atoms with Crippen LogP contribution in [0.25, 0.3) is 5.65 Å². The molecule has 3 nitrogen and oxygen atoms in total. The van der Waals surface area contributed by atoms with Gasteiger partial charge in [0, 0.05) is 17.2 Å². The summed E-state index contributed by atoms with van der Waals surface area (Å²) in [6.45, 7) is 2.96. The molecule has 0 bridgehead atoms. The quantitative estimate of drug-likeness (QED) is 0.834. The van der Waals surface area contributed by atoms with E-state index in [0.717, 1.165) is 22.4 Å². The zero-order valence-corrected chi connectivity index (χ0v) is 10.7. The van der Waals surface area contributed by atoms with E-state index in [0.29, 0.717) is 0 Å². The minimum atomic E-state index is 0.906. The number of hydrogen-bond donors (Lipinski definition) is 0. The van der Waals surface area contributed by atoms with Gasteiger partial charge in [0.2, 0.25) is 0 Å². The Kier molecular flexibility index (Phi) is 2.80. The molecule has 0 amide bonds. The van der Waals surface area contributed by atoms with Crippen LogP contribution in [0.3, 0.4) is 0 Å². The molecule has 0 spiro atoms. The molecule has 0 unspecified atom stereocenters. The third-order valence-corrected chi connectivity index (χ3v) is 2.82. The highest BCUT2D eigenvalue weighted by Gasteiger charge is 2.09. The third kappa shape index (κ3) is 2.06. The van der Waals surface area contributed by atoms with Gasteiger partial charge in [-0.1, -0.05) is 0 Å². The largest absolute Gasteiger partial charge is 0.304 e. The van der Waals surface area contributed by atoms with Crippen molar-refractivity contribution in [2.24, 2.45) is 0 Å². The monoisotopic (exact) mass is 267 g/mol. The molecular weight excluding hydrogens is 254 g/mol. The zero-order chi connectivity index (χ0) is 11.0. The number of fused-ring (bicyclic) bond motifs is 1. The second-order valence-corrected chi connectivity index (χ2v) is 4.87. The van der Waals surface area contributed by atoms with Crippen LogP contribution >= 0.6 is 15.9 Å². The highest BCUT2D eigenvalue weighted by molar-refractivity contribution is 9.10. The highest BCUT2D eigenvalue weighted by atomic mass is 79.9. The van der Waals surface area contributed by atoms with Crippen molar-refractivity contribution in [1.82, 2.24) is 14.3 Å². The summed E-state index contributed by atoms with van der Waals surface area (Å²) in [6.07, 6.45) is 2.06.